The van der Waals surface area contributed by atoms with Crippen molar-refractivity contribution in [2.75, 3.05) is 11.5 Å². The Kier molecular flexibility index (Phi) is 8.63. The maximum atomic E-state index is 13.2. The van der Waals surface area contributed by atoms with Crippen molar-refractivity contribution in [3.63, 3.8) is 0 Å². The van der Waals surface area contributed by atoms with Gasteiger partial charge in [0.25, 0.3) is 11.8 Å². The molecule has 190 valence electrons. The zero-order valence-electron chi connectivity index (χ0n) is 20.0. The first-order valence-electron chi connectivity index (χ1n) is 11.7. The van der Waals surface area contributed by atoms with Crippen LogP contribution in [0, 0.1) is 0 Å². The number of rotatable bonds is 9. The molecule has 0 aromatic heterocycles. The summed E-state index contributed by atoms with van der Waals surface area (Å²) in [5.41, 5.74) is 1.66. The maximum Gasteiger partial charge on any atom is 0.335 e. The molecule has 0 radical (unpaired) electrons. The molecule has 0 unspecified atom stereocenters. The second-order valence-electron chi connectivity index (χ2n) is 8.26. The molecule has 0 aliphatic carbocycles. The number of nitrogens with zero attached hydrogens (tertiary/aromatic N) is 1. The molecule has 4 amide bonds. The van der Waals surface area contributed by atoms with Gasteiger partial charge in [-0.15, -0.1) is 0 Å². The largest absolute Gasteiger partial charge is 0.494 e. The van der Waals surface area contributed by atoms with E-state index in [0.717, 1.165) is 23.3 Å². The van der Waals surface area contributed by atoms with E-state index in [2.05, 4.69) is 28.2 Å². The molecule has 1 saturated heterocycles. The number of nitrogens with one attached hydrogen (secondary N) is 1. The van der Waals surface area contributed by atoms with Crippen LogP contribution >= 0.6 is 27.5 Å². The summed E-state index contributed by atoms with van der Waals surface area (Å²) in [6, 6.07) is 18.3. The molecule has 1 N–H and O–H groups in total. The number of ether oxygens (including phenoxy) is 2. The van der Waals surface area contributed by atoms with Crippen LogP contribution in [0.5, 0.6) is 11.5 Å². The highest BCUT2D eigenvalue weighted by Crippen LogP contribution is 2.29. The molecule has 1 aliphatic rings. The smallest absolute Gasteiger partial charge is 0.335 e. The molecule has 0 spiro atoms. The van der Waals surface area contributed by atoms with E-state index in [1.807, 2.05) is 18.2 Å². The van der Waals surface area contributed by atoms with Gasteiger partial charge in [-0.05, 0) is 88.1 Å². The molecule has 1 aliphatic heterocycles. The predicted molar refractivity (Wildman–Crippen MR) is 146 cm³/mol. The van der Waals surface area contributed by atoms with Crippen LogP contribution in [0.3, 0.4) is 0 Å². The number of barbiturate groups is 1. The Balaban J connectivity index is 1.50. The van der Waals surface area contributed by atoms with Crippen LogP contribution in [0.4, 0.5) is 10.5 Å². The van der Waals surface area contributed by atoms with Gasteiger partial charge in [-0.25, -0.2) is 9.69 Å². The molecule has 4 rings (SSSR count). The minimum atomic E-state index is -0.808. The number of imide groups is 2. The van der Waals surface area contributed by atoms with Crippen molar-refractivity contribution in [3.05, 3.63) is 92.9 Å². The second-order valence-corrected chi connectivity index (χ2v) is 9.55. The third-order valence-corrected chi connectivity index (χ3v) is 6.37. The summed E-state index contributed by atoms with van der Waals surface area (Å²) in [5.74, 6) is -0.259. The number of hydrogen-bond acceptors (Lipinski definition) is 5. The van der Waals surface area contributed by atoms with Crippen molar-refractivity contribution in [1.29, 1.82) is 0 Å². The van der Waals surface area contributed by atoms with E-state index in [9.17, 15) is 14.4 Å². The van der Waals surface area contributed by atoms with Crippen molar-refractivity contribution >= 4 is 57.1 Å². The highest BCUT2D eigenvalue weighted by molar-refractivity contribution is 9.10. The zero-order valence-corrected chi connectivity index (χ0v) is 22.3. The monoisotopic (exact) mass is 582 g/mol. The second kappa shape index (κ2) is 12.1. The molecule has 9 heteroatoms. The van der Waals surface area contributed by atoms with Crippen LogP contribution in [-0.2, 0) is 16.2 Å². The molecular formula is C28H24BrClN2O5. The number of hydrogen-bond donors (Lipinski definition) is 1. The van der Waals surface area contributed by atoms with Crippen molar-refractivity contribution in [2.45, 2.75) is 26.4 Å². The molecule has 0 bridgehead atoms. The third kappa shape index (κ3) is 6.58. The molecule has 3 aromatic rings. The van der Waals surface area contributed by atoms with Crippen LogP contribution in [0.15, 0.2) is 76.8 Å². The number of halogens is 2. The van der Waals surface area contributed by atoms with Crippen LogP contribution in [0.1, 0.15) is 30.9 Å². The van der Waals surface area contributed by atoms with Crippen LogP contribution in [0.2, 0.25) is 5.02 Å². The Labute approximate surface area is 228 Å². The minimum Gasteiger partial charge on any atom is -0.494 e. The standard InChI is InChI=1S/C28H24BrClN2O5/c1-2-3-13-36-22-10-8-21(9-11-22)32-27(34)23(26(33)31-28(32)35)15-18-7-12-25(24(29)16-18)37-17-19-5-4-6-20(30)14-19/h4-12,14-16H,2-3,13,17H2,1H3,(H,31,33,35)/b23-15-. The van der Waals surface area contributed by atoms with E-state index in [0.29, 0.717) is 45.5 Å². The topological polar surface area (TPSA) is 84.9 Å². The number of anilines is 1. The first-order chi connectivity index (χ1) is 17.9. The van der Waals surface area contributed by atoms with Crippen molar-refractivity contribution in [1.82, 2.24) is 5.32 Å². The van der Waals surface area contributed by atoms with E-state index in [1.54, 1.807) is 48.5 Å². The molecule has 37 heavy (non-hydrogen) atoms. The molecule has 1 fully saturated rings. The van der Waals surface area contributed by atoms with Gasteiger partial charge >= 0.3 is 6.03 Å². The Bertz CT molecular complexity index is 1360. The zero-order chi connectivity index (χ0) is 26.4. The average Bonchev–Trinajstić information content (AvgIpc) is 2.87. The molecule has 0 saturated carbocycles. The molecular weight excluding hydrogens is 560 g/mol. The van der Waals surface area contributed by atoms with Gasteiger partial charge in [-0.1, -0.05) is 43.1 Å². The highest BCUT2D eigenvalue weighted by atomic mass is 79.9. The summed E-state index contributed by atoms with van der Waals surface area (Å²) < 4.78 is 12.1. The first kappa shape index (κ1) is 26.4. The summed E-state index contributed by atoms with van der Waals surface area (Å²) in [7, 11) is 0. The van der Waals surface area contributed by atoms with Crippen LogP contribution in [0.25, 0.3) is 6.08 Å². The fourth-order valence-electron chi connectivity index (χ4n) is 3.60. The lowest BCUT2D eigenvalue weighted by Gasteiger charge is -2.26. The fraction of sp³-hybridized carbons (Fsp3) is 0.179. The molecule has 1 heterocycles. The highest BCUT2D eigenvalue weighted by Gasteiger charge is 2.36. The average molecular weight is 584 g/mol. The number of benzene rings is 3. The maximum absolute atomic E-state index is 13.2. The van der Waals surface area contributed by atoms with Gasteiger partial charge in [0.15, 0.2) is 0 Å². The first-order valence-corrected chi connectivity index (χ1v) is 12.8. The Morgan fingerprint density at radius 2 is 1.78 bits per heavy atom. The minimum absolute atomic E-state index is 0.164. The van der Waals surface area contributed by atoms with Gasteiger partial charge in [-0.2, -0.15) is 0 Å². The van der Waals surface area contributed by atoms with Crippen LogP contribution < -0.4 is 19.7 Å². The van der Waals surface area contributed by atoms with Crippen molar-refractivity contribution in [3.8, 4) is 11.5 Å². The molecule has 7 nitrogen and oxygen atoms in total. The summed E-state index contributed by atoms with van der Waals surface area (Å²) >= 11 is 9.50. The van der Waals surface area contributed by atoms with Crippen molar-refractivity contribution < 1.29 is 23.9 Å². The molecule has 0 atom stereocenters. The van der Waals surface area contributed by atoms with Crippen LogP contribution in [-0.4, -0.2) is 24.5 Å². The van der Waals surface area contributed by atoms with E-state index in [-0.39, 0.29) is 5.57 Å². The van der Waals surface area contributed by atoms with E-state index in [4.69, 9.17) is 21.1 Å². The van der Waals surface area contributed by atoms with Gasteiger partial charge in [0.1, 0.15) is 23.7 Å². The number of urea groups is 1. The lowest BCUT2D eigenvalue weighted by atomic mass is 10.1. The third-order valence-electron chi connectivity index (χ3n) is 5.51. The summed E-state index contributed by atoms with van der Waals surface area (Å²) in [4.78, 5) is 39.1. The lowest BCUT2D eigenvalue weighted by molar-refractivity contribution is -0.122. The van der Waals surface area contributed by atoms with E-state index in [1.165, 1.54) is 6.08 Å². The Morgan fingerprint density at radius 1 is 1.00 bits per heavy atom. The number of carbonyl (C=O) groups is 3. The summed E-state index contributed by atoms with van der Waals surface area (Å²) in [6.07, 6.45) is 3.38. The number of carbonyl (C=O) groups excluding carboxylic acids is 3. The predicted octanol–water partition coefficient (Wildman–Crippen LogP) is 6.53. The summed E-state index contributed by atoms with van der Waals surface area (Å²) in [5, 5.41) is 2.86. The summed E-state index contributed by atoms with van der Waals surface area (Å²) in [6.45, 7) is 2.98. The van der Waals surface area contributed by atoms with Gasteiger partial charge in [-0.3, -0.25) is 14.9 Å². The van der Waals surface area contributed by atoms with Gasteiger partial charge < -0.3 is 9.47 Å². The van der Waals surface area contributed by atoms with Crippen molar-refractivity contribution in [2.24, 2.45) is 0 Å². The quantitative estimate of drug-likeness (QED) is 0.176. The lowest BCUT2D eigenvalue weighted by Crippen LogP contribution is -2.54. The molecule has 3 aromatic carbocycles. The van der Waals surface area contributed by atoms with Gasteiger partial charge in [0, 0.05) is 5.02 Å². The van der Waals surface area contributed by atoms with Gasteiger partial charge in [0.05, 0.1) is 16.8 Å². The number of unbranched alkanes of at least 4 members (excludes halogenated alkanes) is 1. The van der Waals surface area contributed by atoms with E-state index < -0.39 is 17.8 Å². The van der Waals surface area contributed by atoms with E-state index >= 15 is 0 Å². The Morgan fingerprint density at radius 3 is 2.49 bits per heavy atom. The fourth-order valence-corrected chi connectivity index (χ4v) is 4.32. The SMILES string of the molecule is CCCCOc1ccc(N2C(=O)NC(=O)/C(=C/c3ccc(OCc4cccc(Cl)c4)c(Br)c3)C2=O)cc1. The van der Waals surface area contributed by atoms with Gasteiger partial charge in [0.2, 0.25) is 0 Å². The normalized spacial score (nSPS) is 14.6. The number of amides is 4. The Hall–Kier alpha value is -3.62.